The van der Waals surface area contributed by atoms with Crippen LogP contribution in [0.2, 0.25) is 0 Å². The summed E-state index contributed by atoms with van der Waals surface area (Å²) in [4.78, 5) is 20.0. The maximum Gasteiger partial charge on any atom is 0.170 e. The van der Waals surface area contributed by atoms with Gasteiger partial charge in [0.2, 0.25) is 0 Å². The van der Waals surface area contributed by atoms with Gasteiger partial charge in [0, 0.05) is 11.3 Å². The first kappa shape index (κ1) is 12.2. The number of aryl methyl sites for hydroxylation is 3. The highest BCUT2D eigenvalue weighted by Crippen LogP contribution is 2.19. The summed E-state index contributed by atoms with van der Waals surface area (Å²) in [7, 11) is 0. The molecule has 0 spiro atoms. The summed E-state index contributed by atoms with van der Waals surface area (Å²) in [6.45, 7) is 2.02. The van der Waals surface area contributed by atoms with Crippen LogP contribution in [0.15, 0.2) is 24.3 Å². The normalized spacial score (nSPS) is 14.2. The Morgan fingerprint density at radius 3 is 2.68 bits per heavy atom. The molecule has 1 heterocycles. The minimum absolute atomic E-state index is 0.131. The number of H-pyrrole nitrogens is 1. The van der Waals surface area contributed by atoms with E-state index in [2.05, 4.69) is 9.97 Å². The first-order valence-corrected chi connectivity index (χ1v) is 6.89. The summed E-state index contributed by atoms with van der Waals surface area (Å²) in [5.41, 5.74) is 4.33. The van der Waals surface area contributed by atoms with Gasteiger partial charge in [-0.3, -0.25) is 4.79 Å². The van der Waals surface area contributed by atoms with Crippen LogP contribution in [-0.2, 0) is 19.3 Å². The quantitative estimate of drug-likeness (QED) is 0.856. The standard InChI is InChI=1S/C16H18N2O/c1-11-6-8-12(9-7-11)15(19)10-16-17-13-4-2-3-5-14(13)18-16/h6-9H,2-5,10H2,1H3,(H,17,18). The molecule has 0 amide bonds. The number of benzene rings is 1. The van der Waals surface area contributed by atoms with Crippen molar-refractivity contribution in [2.75, 3.05) is 0 Å². The van der Waals surface area contributed by atoms with Crippen LogP contribution in [0.3, 0.4) is 0 Å². The lowest BCUT2D eigenvalue weighted by Crippen LogP contribution is -2.05. The van der Waals surface area contributed by atoms with Crippen LogP contribution in [0.5, 0.6) is 0 Å². The summed E-state index contributed by atoms with van der Waals surface area (Å²) in [5.74, 6) is 0.948. The Kier molecular flexibility index (Phi) is 3.20. The molecule has 0 atom stereocenters. The van der Waals surface area contributed by atoms with Crippen molar-refractivity contribution in [3.63, 3.8) is 0 Å². The molecule has 0 fully saturated rings. The lowest BCUT2D eigenvalue weighted by atomic mass is 10.0. The zero-order valence-electron chi connectivity index (χ0n) is 11.2. The van der Waals surface area contributed by atoms with E-state index in [9.17, 15) is 4.79 Å². The van der Waals surface area contributed by atoms with Crippen molar-refractivity contribution < 1.29 is 4.79 Å². The van der Waals surface area contributed by atoms with Gasteiger partial charge in [-0.25, -0.2) is 4.98 Å². The molecule has 0 saturated heterocycles. The number of hydrogen-bond donors (Lipinski definition) is 1. The number of carbonyl (C=O) groups excluding carboxylic acids is 1. The molecule has 1 aromatic heterocycles. The number of fused-ring (bicyclic) bond motifs is 1. The van der Waals surface area contributed by atoms with Gasteiger partial charge in [-0.05, 0) is 32.6 Å². The summed E-state index contributed by atoms with van der Waals surface area (Å²) in [6.07, 6.45) is 4.92. The molecule has 0 bridgehead atoms. The third-order valence-electron chi connectivity index (χ3n) is 3.71. The SMILES string of the molecule is Cc1ccc(C(=O)Cc2nc3c([nH]2)CCCC3)cc1. The number of aromatic nitrogens is 2. The predicted molar refractivity (Wildman–Crippen MR) is 74.4 cm³/mol. The Labute approximate surface area is 113 Å². The fourth-order valence-electron chi connectivity index (χ4n) is 2.59. The largest absolute Gasteiger partial charge is 0.345 e. The van der Waals surface area contributed by atoms with E-state index in [1.807, 2.05) is 31.2 Å². The minimum atomic E-state index is 0.131. The van der Waals surface area contributed by atoms with E-state index in [1.165, 1.54) is 24.1 Å². The number of carbonyl (C=O) groups is 1. The zero-order chi connectivity index (χ0) is 13.2. The summed E-state index contributed by atoms with van der Waals surface area (Å²) in [5, 5.41) is 0. The van der Waals surface area contributed by atoms with Crippen molar-refractivity contribution in [3.05, 3.63) is 52.6 Å². The van der Waals surface area contributed by atoms with Gasteiger partial charge in [0.15, 0.2) is 5.78 Å². The van der Waals surface area contributed by atoms with E-state index >= 15 is 0 Å². The van der Waals surface area contributed by atoms with Crippen LogP contribution in [0.25, 0.3) is 0 Å². The number of Topliss-reactive ketones (excluding diaryl/α,β-unsaturated/α-hetero) is 1. The summed E-state index contributed by atoms with van der Waals surface area (Å²) >= 11 is 0. The van der Waals surface area contributed by atoms with E-state index in [-0.39, 0.29) is 5.78 Å². The van der Waals surface area contributed by atoms with Gasteiger partial charge in [0.05, 0.1) is 12.1 Å². The molecule has 1 aliphatic carbocycles. The molecule has 0 saturated carbocycles. The summed E-state index contributed by atoms with van der Waals surface area (Å²) in [6, 6.07) is 7.72. The average Bonchev–Trinajstić information content (AvgIpc) is 2.81. The number of hydrogen-bond acceptors (Lipinski definition) is 2. The van der Waals surface area contributed by atoms with Crippen LogP contribution in [0.1, 0.15) is 46.0 Å². The molecule has 98 valence electrons. The van der Waals surface area contributed by atoms with E-state index in [1.54, 1.807) is 0 Å². The van der Waals surface area contributed by atoms with Crippen molar-refractivity contribution in [2.45, 2.75) is 39.0 Å². The molecule has 0 aliphatic heterocycles. The van der Waals surface area contributed by atoms with E-state index in [4.69, 9.17) is 0 Å². The molecule has 0 unspecified atom stereocenters. The Morgan fingerprint density at radius 2 is 1.95 bits per heavy atom. The van der Waals surface area contributed by atoms with Gasteiger partial charge in [-0.1, -0.05) is 29.8 Å². The van der Waals surface area contributed by atoms with Crippen molar-refractivity contribution in [3.8, 4) is 0 Å². The van der Waals surface area contributed by atoms with E-state index < -0.39 is 0 Å². The smallest absolute Gasteiger partial charge is 0.170 e. The molecule has 1 aromatic carbocycles. The Morgan fingerprint density at radius 1 is 1.21 bits per heavy atom. The molecule has 2 aromatic rings. The number of aromatic amines is 1. The Bertz CT molecular complexity index is 572. The molecule has 19 heavy (non-hydrogen) atoms. The van der Waals surface area contributed by atoms with Crippen LogP contribution in [0.4, 0.5) is 0 Å². The van der Waals surface area contributed by atoms with Crippen LogP contribution in [-0.4, -0.2) is 15.8 Å². The number of imidazole rings is 1. The van der Waals surface area contributed by atoms with Crippen molar-refractivity contribution in [2.24, 2.45) is 0 Å². The molecule has 1 aliphatic rings. The Balaban J connectivity index is 1.75. The molecule has 3 rings (SSSR count). The van der Waals surface area contributed by atoms with E-state index in [0.717, 1.165) is 29.9 Å². The Hall–Kier alpha value is -1.90. The van der Waals surface area contributed by atoms with Crippen LogP contribution >= 0.6 is 0 Å². The molecular formula is C16H18N2O. The molecular weight excluding hydrogens is 236 g/mol. The van der Waals surface area contributed by atoms with Gasteiger partial charge < -0.3 is 4.98 Å². The van der Waals surface area contributed by atoms with E-state index in [0.29, 0.717) is 6.42 Å². The number of nitrogens with zero attached hydrogens (tertiary/aromatic N) is 1. The predicted octanol–water partition coefficient (Wildman–Crippen LogP) is 3.02. The average molecular weight is 254 g/mol. The maximum atomic E-state index is 12.2. The number of nitrogens with one attached hydrogen (secondary N) is 1. The monoisotopic (exact) mass is 254 g/mol. The second kappa shape index (κ2) is 5.00. The van der Waals surface area contributed by atoms with Crippen LogP contribution < -0.4 is 0 Å². The minimum Gasteiger partial charge on any atom is -0.345 e. The first-order valence-electron chi connectivity index (χ1n) is 6.89. The maximum absolute atomic E-state index is 12.2. The second-order valence-corrected chi connectivity index (χ2v) is 5.28. The lowest BCUT2D eigenvalue weighted by Gasteiger charge is -2.07. The molecule has 3 nitrogen and oxygen atoms in total. The van der Waals surface area contributed by atoms with Crippen molar-refractivity contribution in [1.82, 2.24) is 9.97 Å². The fourth-order valence-corrected chi connectivity index (χ4v) is 2.59. The van der Waals surface area contributed by atoms with Gasteiger partial charge in [0.25, 0.3) is 0 Å². The highest BCUT2D eigenvalue weighted by atomic mass is 16.1. The van der Waals surface area contributed by atoms with Crippen LogP contribution in [0, 0.1) is 6.92 Å². The number of rotatable bonds is 3. The van der Waals surface area contributed by atoms with Crippen molar-refractivity contribution >= 4 is 5.78 Å². The third kappa shape index (κ3) is 2.60. The highest BCUT2D eigenvalue weighted by molar-refractivity contribution is 5.97. The van der Waals surface area contributed by atoms with Crippen molar-refractivity contribution in [1.29, 1.82) is 0 Å². The van der Waals surface area contributed by atoms with Gasteiger partial charge in [-0.15, -0.1) is 0 Å². The molecule has 0 radical (unpaired) electrons. The second-order valence-electron chi connectivity index (χ2n) is 5.28. The topological polar surface area (TPSA) is 45.8 Å². The molecule has 3 heteroatoms. The fraction of sp³-hybridized carbons (Fsp3) is 0.375. The first-order chi connectivity index (χ1) is 9.22. The zero-order valence-corrected chi connectivity index (χ0v) is 11.2. The highest BCUT2D eigenvalue weighted by Gasteiger charge is 2.16. The summed E-state index contributed by atoms with van der Waals surface area (Å²) < 4.78 is 0. The number of ketones is 1. The lowest BCUT2D eigenvalue weighted by molar-refractivity contribution is 0.0991. The third-order valence-corrected chi connectivity index (χ3v) is 3.71. The van der Waals surface area contributed by atoms with Gasteiger partial charge in [0.1, 0.15) is 5.82 Å². The van der Waals surface area contributed by atoms with Gasteiger partial charge in [-0.2, -0.15) is 0 Å². The van der Waals surface area contributed by atoms with Gasteiger partial charge >= 0.3 is 0 Å². The molecule has 1 N–H and O–H groups in total.